The third-order valence-corrected chi connectivity index (χ3v) is 5.48. The molecule has 2 aliphatic rings. The highest BCUT2D eigenvalue weighted by molar-refractivity contribution is 5.81. The monoisotopic (exact) mass is 370 g/mol. The first kappa shape index (κ1) is 18.0. The van der Waals surface area contributed by atoms with Gasteiger partial charge in [-0.15, -0.1) is 0 Å². The van der Waals surface area contributed by atoms with Crippen molar-refractivity contribution in [2.75, 3.05) is 20.3 Å². The normalized spacial score (nSPS) is 23.2. The maximum Gasteiger partial charge on any atom is 0.252 e. The molecule has 2 aromatic rings. The molecule has 2 atom stereocenters. The van der Waals surface area contributed by atoms with E-state index in [0.717, 1.165) is 67.8 Å². The van der Waals surface area contributed by atoms with Crippen LogP contribution in [0.15, 0.2) is 34.9 Å². The summed E-state index contributed by atoms with van der Waals surface area (Å²) in [5.74, 6) is 1.66. The fourth-order valence-corrected chi connectivity index (χ4v) is 3.97. The van der Waals surface area contributed by atoms with Crippen molar-refractivity contribution in [3.8, 4) is 17.0 Å². The lowest BCUT2D eigenvalue weighted by Gasteiger charge is -2.30. The summed E-state index contributed by atoms with van der Waals surface area (Å²) in [5, 5.41) is 4.25. The van der Waals surface area contributed by atoms with Gasteiger partial charge in [0.2, 0.25) is 0 Å². The van der Waals surface area contributed by atoms with Crippen molar-refractivity contribution in [2.24, 2.45) is 0 Å². The number of hydrogen-bond donors (Lipinski definition) is 0. The predicted octanol–water partition coefficient (Wildman–Crippen LogP) is 3.97. The first-order chi connectivity index (χ1) is 13.3. The molecule has 6 nitrogen and oxygen atoms in total. The minimum atomic E-state index is -0.297. The van der Waals surface area contributed by atoms with E-state index in [1.165, 1.54) is 0 Å². The van der Waals surface area contributed by atoms with Gasteiger partial charge in [0, 0.05) is 24.8 Å². The van der Waals surface area contributed by atoms with E-state index in [1.807, 2.05) is 35.2 Å². The van der Waals surface area contributed by atoms with Crippen molar-refractivity contribution in [1.82, 2.24) is 10.1 Å². The van der Waals surface area contributed by atoms with Crippen molar-refractivity contribution in [2.45, 2.75) is 50.7 Å². The number of benzene rings is 1. The lowest BCUT2D eigenvalue weighted by Crippen LogP contribution is -2.41. The summed E-state index contributed by atoms with van der Waals surface area (Å²) in [4.78, 5) is 15.0. The predicted molar refractivity (Wildman–Crippen MR) is 100 cm³/mol. The van der Waals surface area contributed by atoms with Gasteiger partial charge in [-0.1, -0.05) is 18.0 Å². The minimum absolute atomic E-state index is 0.0660. The molecule has 2 aliphatic heterocycles. The Morgan fingerprint density at radius 1 is 1.15 bits per heavy atom. The van der Waals surface area contributed by atoms with Crippen LogP contribution in [0.3, 0.4) is 0 Å². The van der Waals surface area contributed by atoms with Gasteiger partial charge >= 0.3 is 0 Å². The van der Waals surface area contributed by atoms with Crippen LogP contribution in [0.4, 0.5) is 0 Å². The molecule has 6 heteroatoms. The zero-order valence-electron chi connectivity index (χ0n) is 15.7. The van der Waals surface area contributed by atoms with Crippen LogP contribution in [0.25, 0.3) is 11.3 Å². The first-order valence-electron chi connectivity index (χ1n) is 9.79. The number of carbonyl (C=O) groups is 1. The van der Waals surface area contributed by atoms with Crippen LogP contribution in [0.5, 0.6) is 5.75 Å². The second-order valence-corrected chi connectivity index (χ2v) is 7.24. The van der Waals surface area contributed by atoms with Gasteiger partial charge in [-0.3, -0.25) is 4.79 Å². The molecule has 0 spiro atoms. The van der Waals surface area contributed by atoms with Gasteiger partial charge in [-0.25, -0.2) is 0 Å². The van der Waals surface area contributed by atoms with Crippen LogP contribution in [0, 0.1) is 0 Å². The van der Waals surface area contributed by atoms with Crippen molar-refractivity contribution >= 4 is 5.91 Å². The van der Waals surface area contributed by atoms with E-state index >= 15 is 0 Å². The van der Waals surface area contributed by atoms with Gasteiger partial charge < -0.3 is 18.9 Å². The topological polar surface area (TPSA) is 64.8 Å². The van der Waals surface area contributed by atoms with Crippen LogP contribution in [0.2, 0.25) is 0 Å². The van der Waals surface area contributed by atoms with Gasteiger partial charge in [-0.05, 0) is 49.9 Å². The molecule has 1 amide bonds. The van der Waals surface area contributed by atoms with Crippen molar-refractivity contribution in [3.05, 3.63) is 36.1 Å². The maximum absolute atomic E-state index is 13.0. The van der Waals surface area contributed by atoms with E-state index < -0.39 is 0 Å². The number of aromatic nitrogens is 1. The molecule has 2 unspecified atom stereocenters. The van der Waals surface area contributed by atoms with E-state index in [2.05, 4.69) is 5.16 Å². The highest BCUT2D eigenvalue weighted by Gasteiger charge is 2.35. The van der Waals surface area contributed by atoms with Gasteiger partial charge in [-0.2, -0.15) is 0 Å². The van der Waals surface area contributed by atoms with Crippen LogP contribution < -0.4 is 4.74 Å². The Hall–Kier alpha value is -2.34. The smallest absolute Gasteiger partial charge is 0.252 e. The second-order valence-electron chi connectivity index (χ2n) is 7.24. The molecule has 3 heterocycles. The average molecular weight is 370 g/mol. The summed E-state index contributed by atoms with van der Waals surface area (Å²) in [6.45, 7) is 1.43. The Kier molecular flexibility index (Phi) is 5.43. The summed E-state index contributed by atoms with van der Waals surface area (Å²) in [6, 6.07) is 9.63. The molecule has 4 rings (SSSR count). The van der Waals surface area contributed by atoms with Crippen LogP contribution in [0.1, 0.15) is 50.3 Å². The highest BCUT2D eigenvalue weighted by atomic mass is 16.5. The van der Waals surface area contributed by atoms with Gasteiger partial charge in [0.05, 0.1) is 13.2 Å². The molecule has 1 aromatic carbocycles. The number of hydrogen-bond acceptors (Lipinski definition) is 5. The van der Waals surface area contributed by atoms with E-state index in [1.54, 1.807) is 7.11 Å². The molecule has 1 aromatic heterocycles. The van der Waals surface area contributed by atoms with E-state index in [9.17, 15) is 4.79 Å². The summed E-state index contributed by atoms with van der Waals surface area (Å²) in [5.41, 5.74) is 1.75. The SMILES string of the molecule is COc1ccc(-c2cc(C3CCCCCN3C(=O)C3CCCO3)on2)cc1. The van der Waals surface area contributed by atoms with Crippen molar-refractivity contribution in [3.63, 3.8) is 0 Å². The maximum atomic E-state index is 13.0. The summed E-state index contributed by atoms with van der Waals surface area (Å²) in [6.07, 6.45) is 5.61. The van der Waals surface area contributed by atoms with E-state index in [-0.39, 0.29) is 18.1 Å². The second kappa shape index (κ2) is 8.13. The zero-order chi connectivity index (χ0) is 18.6. The highest BCUT2D eigenvalue weighted by Crippen LogP contribution is 2.34. The molecular formula is C21H26N2O4. The quantitative estimate of drug-likeness (QED) is 0.815. The molecular weight excluding hydrogens is 344 g/mol. The van der Waals surface area contributed by atoms with Crippen LogP contribution in [-0.4, -0.2) is 42.3 Å². The minimum Gasteiger partial charge on any atom is -0.497 e. The van der Waals surface area contributed by atoms with Gasteiger partial charge in [0.25, 0.3) is 5.91 Å². The van der Waals surface area contributed by atoms with Gasteiger partial charge in [0.1, 0.15) is 17.5 Å². The molecule has 27 heavy (non-hydrogen) atoms. The number of rotatable bonds is 4. The fraction of sp³-hybridized carbons (Fsp3) is 0.524. The number of methoxy groups -OCH3 is 1. The molecule has 0 aliphatic carbocycles. The largest absolute Gasteiger partial charge is 0.497 e. The van der Waals surface area contributed by atoms with Crippen LogP contribution in [-0.2, 0) is 9.53 Å². The van der Waals surface area contributed by atoms with E-state index in [0.29, 0.717) is 6.61 Å². The molecule has 2 fully saturated rings. The number of nitrogens with zero attached hydrogens (tertiary/aromatic N) is 2. The summed E-state index contributed by atoms with van der Waals surface area (Å²) in [7, 11) is 1.65. The molecule has 2 saturated heterocycles. The Morgan fingerprint density at radius 2 is 2.00 bits per heavy atom. The summed E-state index contributed by atoms with van der Waals surface area (Å²) >= 11 is 0. The van der Waals surface area contributed by atoms with Crippen molar-refractivity contribution < 1.29 is 18.8 Å². The van der Waals surface area contributed by atoms with Gasteiger partial charge in [0.15, 0.2) is 5.76 Å². The number of ether oxygens (including phenoxy) is 2. The Morgan fingerprint density at radius 3 is 2.74 bits per heavy atom. The number of likely N-dealkylation sites (tertiary alicyclic amines) is 1. The lowest BCUT2D eigenvalue weighted by atomic mass is 10.0. The third kappa shape index (κ3) is 3.86. The Labute approximate surface area is 159 Å². The molecule has 0 bridgehead atoms. The van der Waals surface area contributed by atoms with E-state index in [4.69, 9.17) is 14.0 Å². The van der Waals surface area contributed by atoms with Crippen LogP contribution >= 0.6 is 0 Å². The lowest BCUT2D eigenvalue weighted by molar-refractivity contribution is -0.144. The molecule has 0 radical (unpaired) electrons. The number of amides is 1. The zero-order valence-corrected chi connectivity index (χ0v) is 15.7. The standard InChI is InChI=1S/C21H26N2O4/c1-25-16-10-8-15(9-11-16)17-14-20(27-22-17)18-6-3-2-4-12-23(18)21(24)19-7-5-13-26-19/h8-11,14,18-19H,2-7,12-13H2,1H3. The fourth-order valence-electron chi connectivity index (χ4n) is 3.97. The van der Waals surface area contributed by atoms with Crippen molar-refractivity contribution in [1.29, 1.82) is 0 Å². The first-order valence-corrected chi connectivity index (χ1v) is 9.79. The molecule has 144 valence electrons. The third-order valence-electron chi connectivity index (χ3n) is 5.48. The Bertz CT molecular complexity index is 765. The molecule has 0 N–H and O–H groups in total. The number of carbonyl (C=O) groups excluding carboxylic acids is 1. The average Bonchev–Trinajstić information content (AvgIpc) is 3.36. The molecule has 0 saturated carbocycles. The Balaban J connectivity index is 1.57. The summed E-state index contributed by atoms with van der Waals surface area (Å²) < 4.78 is 16.5.